The molecule has 0 aliphatic carbocycles. The first kappa shape index (κ1) is 13.2. The van der Waals surface area contributed by atoms with Crippen LogP contribution in [0.1, 0.15) is 0 Å². The molecular formula is C16H11F2N3. The second-order valence-electron chi connectivity index (χ2n) is 4.41. The molecule has 3 rings (SSSR count). The molecule has 0 aliphatic rings. The van der Waals surface area contributed by atoms with E-state index in [4.69, 9.17) is 0 Å². The zero-order valence-electron chi connectivity index (χ0n) is 10.9. The summed E-state index contributed by atoms with van der Waals surface area (Å²) in [6, 6.07) is 10.3. The Bertz CT molecular complexity index is 760. The average molecular weight is 283 g/mol. The van der Waals surface area contributed by atoms with Gasteiger partial charge >= 0.3 is 0 Å². The van der Waals surface area contributed by atoms with Crippen molar-refractivity contribution in [1.29, 1.82) is 0 Å². The van der Waals surface area contributed by atoms with Gasteiger partial charge in [0.15, 0.2) is 0 Å². The molecule has 0 atom stereocenters. The molecule has 0 saturated carbocycles. The molecule has 2 aromatic heterocycles. The maximum absolute atomic E-state index is 13.8. The van der Waals surface area contributed by atoms with E-state index in [-0.39, 0.29) is 5.56 Å². The molecule has 104 valence electrons. The smallest absolute Gasteiger partial charge is 0.132 e. The molecule has 0 bridgehead atoms. The lowest BCUT2D eigenvalue weighted by Crippen LogP contribution is -1.94. The molecule has 0 fully saturated rings. The minimum absolute atomic E-state index is 0.133. The van der Waals surface area contributed by atoms with E-state index in [1.807, 2.05) is 12.1 Å². The summed E-state index contributed by atoms with van der Waals surface area (Å²) in [7, 11) is 0. The van der Waals surface area contributed by atoms with E-state index in [1.165, 1.54) is 0 Å². The van der Waals surface area contributed by atoms with E-state index < -0.39 is 11.6 Å². The first-order valence-electron chi connectivity index (χ1n) is 6.31. The molecule has 1 aromatic carbocycles. The van der Waals surface area contributed by atoms with Crippen molar-refractivity contribution < 1.29 is 8.78 Å². The Kier molecular flexibility index (Phi) is 3.55. The van der Waals surface area contributed by atoms with Crippen LogP contribution in [0.15, 0.2) is 61.1 Å². The van der Waals surface area contributed by atoms with Gasteiger partial charge in [0.05, 0.1) is 5.69 Å². The highest BCUT2D eigenvalue weighted by Crippen LogP contribution is 2.25. The second kappa shape index (κ2) is 5.66. The minimum atomic E-state index is -0.509. The predicted octanol–water partition coefficient (Wildman–Crippen LogP) is 4.17. The standard InChI is InChI=1S/C16H11F2N3/c17-11-1-2-15(18)14(9-11)16-10-13(5-8-20-16)21-12-3-6-19-7-4-12/h1-10H,(H,19,20,21). The first-order chi connectivity index (χ1) is 10.2. The van der Waals surface area contributed by atoms with Gasteiger partial charge in [0, 0.05) is 35.5 Å². The van der Waals surface area contributed by atoms with Gasteiger partial charge in [-0.15, -0.1) is 0 Å². The summed E-state index contributed by atoms with van der Waals surface area (Å²) in [5.41, 5.74) is 2.08. The van der Waals surface area contributed by atoms with E-state index in [1.54, 1.807) is 30.7 Å². The third kappa shape index (κ3) is 3.02. The fourth-order valence-electron chi connectivity index (χ4n) is 1.95. The van der Waals surface area contributed by atoms with E-state index in [0.29, 0.717) is 5.69 Å². The van der Waals surface area contributed by atoms with Crippen LogP contribution in [0.3, 0.4) is 0 Å². The summed E-state index contributed by atoms with van der Waals surface area (Å²) in [6.07, 6.45) is 4.87. The van der Waals surface area contributed by atoms with Crippen LogP contribution in [-0.2, 0) is 0 Å². The zero-order chi connectivity index (χ0) is 14.7. The van der Waals surface area contributed by atoms with Crippen molar-refractivity contribution in [2.45, 2.75) is 0 Å². The molecule has 3 aromatic rings. The monoisotopic (exact) mass is 283 g/mol. The van der Waals surface area contributed by atoms with E-state index in [2.05, 4.69) is 15.3 Å². The van der Waals surface area contributed by atoms with Crippen LogP contribution in [0, 0.1) is 11.6 Å². The van der Waals surface area contributed by atoms with Gasteiger partial charge in [0.1, 0.15) is 11.6 Å². The van der Waals surface area contributed by atoms with Crippen molar-refractivity contribution in [3.8, 4) is 11.3 Å². The Labute approximate surface area is 120 Å². The highest BCUT2D eigenvalue weighted by atomic mass is 19.1. The number of anilines is 2. The molecule has 0 saturated heterocycles. The Hall–Kier alpha value is -2.82. The lowest BCUT2D eigenvalue weighted by molar-refractivity contribution is 0.602. The number of aromatic nitrogens is 2. The Morgan fingerprint density at radius 2 is 1.57 bits per heavy atom. The number of halogens is 2. The molecule has 0 amide bonds. The van der Waals surface area contributed by atoms with Gasteiger partial charge in [-0.1, -0.05) is 0 Å². The molecule has 5 heteroatoms. The predicted molar refractivity (Wildman–Crippen MR) is 77.1 cm³/mol. The lowest BCUT2D eigenvalue weighted by atomic mass is 10.1. The van der Waals surface area contributed by atoms with Crippen LogP contribution in [0.5, 0.6) is 0 Å². The van der Waals surface area contributed by atoms with Crippen molar-refractivity contribution in [3.63, 3.8) is 0 Å². The average Bonchev–Trinajstić information content (AvgIpc) is 2.51. The maximum atomic E-state index is 13.8. The number of benzene rings is 1. The molecular weight excluding hydrogens is 272 g/mol. The van der Waals surface area contributed by atoms with Gasteiger partial charge in [-0.3, -0.25) is 9.97 Å². The Balaban J connectivity index is 1.95. The molecule has 0 radical (unpaired) electrons. The van der Waals surface area contributed by atoms with E-state index in [0.717, 1.165) is 29.6 Å². The summed E-state index contributed by atoms with van der Waals surface area (Å²) in [5.74, 6) is -1.01. The van der Waals surface area contributed by atoms with Crippen LogP contribution in [0.4, 0.5) is 20.2 Å². The molecule has 0 aliphatic heterocycles. The number of hydrogen-bond donors (Lipinski definition) is 1. The molecule has 3 nitrogen and oxygen atoms in total. The van der Waals surface area contributed by atoms with Crippen molar-refractivity contribution in [2.24, 2.45) is 0 Å². The van der Waals surface area contributed by atoms with Crippen molar-refractivity contribution in [1.82, 2.24) is 9.97 Å². The van der Waals surface area contributed by atoms with Gasteiger partial charge in [-0.05, 0) is 42.5 Å². The van der Waals surface area contributed by atoms with Crippen molar-refractivity contribution >= 4 is 11.4 Å². The van der Waals surface area contributed by atoms with Crippen LogP contribution in [0.2, 0.25) is 0 Å². The fourth-order valence-corrected chi connectivity index (χ4v) is 1.95. The third-order valence-corrected chi connectivity index (χ3v) is 2.93. The molecule has 1 N–H and O–H groups in total. The molecule has 2 heterocycles. The number of nitrogens with one attached hydrogen (secondary N) is 1. The van der Waals surface area contributed by atoms with Crippen LogP contribution in [0.25, 0.3) is 11.3 Å². The topological polar surface area (TPSA) is 37.8 Å². The number of rotatable bonds is 3. The second-order valence-corrected chi connectivity index (χ2v) is 4.41. The van der Waals surface area contributed by atoms with Crippen LogP contribution < -0.4 is 5.32 Å². The van der Waals surface area contributed by atoms with Crippen molar-refractivity contribution in [2.75, 3.05) is 5.32 Å². The minimum Gasteiger partial charge on any atom is -0.355 e. The maximum Gasteiger partial charge on any atom is 0.132 e. The molecule has 0 spiro atoms. The van der Waals surface area contributed by atoms with Crippen molar-refractivity contribution in [3.05, 3.63) is 72.7 Å². The van der Waals surface area contributed by atoms with Crippen LogP contribution in [-0.4, -0.2) is 9.97 Å². The Morgan fingerprint density at radius 3 is 2.38 bits per heavy atom. The summed E-state index contributed by atoms with van der Waals surface area (Å²) in [4.78, 5) is 8.02. The summed E-state index contributed by atoms with van der Waals surface area (Å²) in [6.45, 7) is 0. The van der Waals surface area contributed by atoms with Gasteiger partial charge in [0.2, 0.25) is 0 Å². The summed E-state index contributed by atoms with van der Waals surface area (Å²) in [5, 5.41) is 3.15. The molecule has 21 heavy (non-hydrogen) atoms. The lowest BCUT2D eigenvalue weighted by Gasteiger charge is -2.08. The number of hydrogen-bond acceptors (Lipinski definition) is 3. The van der Waals surface area contributed by atoms with Gasteiger partial charge in [0.25, 0.3) is 0 Å². The van der Waals surface area contributed by atoms with Gasteiger partial charge in [-0.2, -0.15) is 0 Å². The first-order valence-corrected chi connectivity index (χ1v) is 6.31. The third-order valence-electron chi connectivity index (χ3n) is 2.93. The summed E-state index contributed by atoms with van der Waals surface area (Å²) < 4.78 is 27.0. The highest BCUT2D eigenvalue weighted by Gasteiger charge is 2.08. The quantitative estimate of drug-likeness (QED) is 0.784. The fraction of sp³-hybridized carbons (Fsp3) is 0. The van der Waals surface area contributed by atoms with Gasteiger partial charge in [-0.25, -0.2) is 8.78 Å². The highest BCUT2D eigenvalue weighted by molar-refractivity contribution is 5.67. The largest absolute Gasteiger partial charge is 0.355 e. The molecule has 0 unspecified atom stereocenters. The van der Waals surface area contributed by atoms with Crippen LogP contribution >= 0.6 is 0 Å². The number of nitrogens with zero attached hydrogens (tertiary/aromatic N) is 2. The summed E-state index contributed by atoms with van der Waals surface area (Å²) >= 11 is 0. The number of pyridine rings is 2. The normalized spacial score (nSPS) is 10.4. The van der Waals surface area contributed by atoms with Gasteiger partial charge < -0.3 is 5.32 Å². The zero-order valence-corrected chi connectivity index (χ0v) is 10.9. The SMILES string of the molecule is Fc1ccc(F)c(-c2cc(Nc3ccncc3)ccn2)c1. The Morgan fingerprint density at radius 1 is 0.810 bits per heavy atom. The van der Waals surface area contributed by atoms with E-state index in [9.17, 15) is 8.78 Å². The van der Waals surface area contributed by atoms with E-state index >= 15 is 0 Å².